The minimum Gasteiger partial charge on any atom is -0.493 e. The maximum absolute atomic E-state index is 14.0. The zero-order chi connectivity index (χ0) is 31.3. The van der Waals surface area contributed by atoms with E-state index in [9.17, 15) is 19.5 Å². The SMILES string of the molecule is COc1cc(C2C3=C(CC(C)(C)CC3=O)N(CCC(=O)O)C3=C2C(=O)CC(C)(C)C3)cc(Br)c1OCc1ccc(Cl)cc1. The molecule has 0 radical (unpaired) electrons. The number of nitrogens with zero attached hydrogens (tertiary/aromatic N) is 1. The highest BCUT2D eigenvalue weighted by Gasteiger charge is 2.49. The van der Waals surface area contributed by atoms with Crippen molar-refractivity contribution in [1.82, 2.24) is 4.90 Å². The molecule has 0 atom stereocenters. The zero-order valence-electron chi connectivity index (χ0n) is 25.2. The third kappa shape index (κ3) is 6.41. The van der Waals surface area contributed by atoms with Crippen LogP contribution in [0.15, 0.2) is 63.4 Å². The fraction of sp³-hybridized carbons (Fsp3) is 0.441. The Hall–Kier alpha value is -3.10. The highest BCUT2D eigenvalue weighted by atomic mass is 79.9. The van der Waals surface area contributed by atoms with E-state index < -0.39 is 11.9 Å². The molecule has 0 spiro atoms. The Morgan fingerprint density at radius 3 is 2.05 bits per heavy atom. The van der Waals surface area contributed by atoms with Gasteiger partial charge in [0.05, 0.1) is 18.0 Å². The Morgan fingerprint density at radius 1 is 0.977 bits per heavy atom. The smallest absolute Gasteiger partial charge is 0.305 e. The number of Topliss-reactive ketones (excluding diaryl/α,β-unsaturated/α-hetero) is 2. The molecular weight excluding hydrogens is 634 g/mol. The third-order valence-electron chi connectivity index (χ3n) is 8.45. The molecule has 0 bridgehead atoms. The molecule has 0 aromatic heterocycles. The Balaban J connectivity index is 1.65. The molecular formula is C34H37BrClNO6. The highest BCUT2D eigenvalue weighted by Crippen LogP contribution is 2.55. The van der Waals surface area contributed by atoms with Crippen molar-refractivity contribution >= 4 is 45.1 Å². The maximum Gasteiger partial charge on any atom is 0.305 e. The molecule has 5 rings (SSSR count). The van der Waals surface area contributed by atoms with Crippen LogP contribution in [0.5, 0.6) is 11.5 Å². The van der Waals surface area contributed by atoms with Crippen LogP contribution in [0.25, 0.3) is 0 Å². The summed E-state index contributed by atoms with van der Waals surface area (Å²) in [5.41, 5.74) is 3.91. The van der Waals surface area contributed by atoms with Crippen LogP contribution in [0.2, 0.25) is 5.02 Å². The first-order chi connectivity index (χ1) is 20.2. The van der Waals surface area contributed by atoms with Crippen LogP contribution < -0.4 is 9.47 Å². The van der Waals surface area contributed by atoms with Crippen molar-refractivity contribution in [2.75, 3.05) is 13.7 Å². The number of halogens is 2. The summed E-state index contributed by atoms with van der Waals surface area (Å²) in [6, 6.07) is 11.2. The largest absolute Gasteiger partial charge is 0.493 e. The van der Waals surface area contributed by atoms with E-state index in [-0.39, 0.29) is 35.4 Å². The zero-order valence-corrected chi connectivity index (χ0v) is 27.5. The van der Waals surface area contributed by atoms with Gasteiger partial charge in [-0.2, -0.15) is 0 Å². The highest BCUT2D eigenvalue weighted by molar-refractivity contribution is 9.10. The molecule has 2 aromatic carbocycles. The van der Waals surface area contributed by atoms with Gasteiger partial charge in [0.15, 0.2) is 23.1 Å². The molecule has 9 heteroatoms. The van der Waals surface area contributed by atoms with E-state index in [1.54, 1.807) is 19.2 Å². The van der Waals surface area contributed by atoms with Gasteiger partial charge in [0.25, 0.3) is 0 Å². The van der Waals surface area contributed by atoms with Crippen molar-refractivity contribution in [3.8, 4) is 11.5 Å². The van der Waals surface area contributed by atoms with E-state index in [1.165, 1.54) is 0 Å². The van der Waals surface area contributed by atoms with E-state index in [1.807, 2.05) is 29.2 Å². The van der Waals surface area contributed by atoms with Crippen molar-refractivity contribution in [2.24, 2.45) is 10.8 Å². The summed E-state index contributed by atoms with van der Waals surface area (Å²) < 4.78 is 12.6. The molecule has 43 heavy (non-hydrogen) atoms. The summed E-state index contributed by atoms with van der Waals surface area (Å²) in [7, 11) is 1.56. The Bertz CT molecular complexity index is 1500. The molecule has 1 aliphatic heterocycles. The number of carbonyl (C=O) groups is 3. The summed E-state index contributed by atoms with van der Waals surface area (Å²) in [4.78, 5) is 41.7. The van der Waals surface area contributed by atoms with Gasteiger partial charge in [-0.05, 0) is 75.0 Å². The number of carboxylic acid groups (broad SMARTS) is 1. The number of benzene rings is 2. The minimum absolute atomic E-state index is 0.0149. The number of rotatable bonds is 8. The van der Waals surface area contributed by atoms with Crippen LogP contribution in [0.3, 0.4) is 0 Å². The van der Waals surface area contributed by atoms with Crippen LogP contribution >= 0.6 is 27.5 Å². The summed E-state index contributed by atoms with van der Waals surface area (Å²) in [5.74, 6) is -0.553. The first kappa shape index (κ1) is 31.3. The standard InChI is InChI=1S/C34H37BrClNO6/c1-33(2)14-23-30(25(38)16-33)29(31-24(37(23)11-10-28(40)41)15-34(3,4)17-26(31)39)20-12-22(35)32(27(13-20)42-5)43-18-19-6-8-21(36)9-7-19/h6-9,12-13,29H,10-11,14-18H2,1-5H3,(H,40,41). The van der Waals surface area contributed by atoms with E-state index in [0.717, 1.165) is 22.5 Å². The molecule has 0 saturated heterocycles. The second kappa shape index (κ2) is 11.8. The average Bonchev–Trinajstić information content (AvgIpc) is 2.90. The van der Waals surface area contributed by atoms with Gasteiger partial charge < -0.3 is 19.5 Å². The fourth-order valence-corrected chi connectivity index (χ4v) is 7.34. The van der Waals surface area contributed by atoms with Crippen LogP contribution in [0, 0.1) is 10.8 Å². The van der Waals surface area contributed by atoms with E-state index in [4.69, 9.17) is 21.1 Å². The van der Waals surface area contributed by atoms with Gasteiger partial charge in [0.2, 0.25) is 0 Å². The van der Waals surface area contributed by atoms with Crippen molar-refractivity contribution in [1.29, 1.82) is 0 Å². The van der Waals surface area contributed by atoms with Gasteiger partial charge in [-0.15, -0.1) is 0 Å². The number of hydrogen-bond donors (Lipinski definition) is 1. The normalized spacial score (nSPS) is 19.7. The quantitative estimate of drug-likeness (QED) is 0.306. The second-order valence-electron chi connectivity index (χ2n) is 13.3. The number of ketones is 2. The molecule has 3 aliphatic rings. The van der Waals surface area contributed by atoms with Gasteiger partial charge >= 0.3 is 5.97 Å². The van der Waals surface area contributed by atoms with Crippen LogP contribution in [-0.2, 0) is 21.0 Å². The molecule has 228 valence electrons. The summed E-state index contributed by atoms with van der Waals surface area (Å²) in [5, 5.41) is 10.2. The maximum atomic E-state index is 14.0. The number of carboxylic acids is 1. The van der Waals surface area contributed by atoms with Crippen LogP contribution in [-0.4, -0.2) is 41.2 Å². The lowest BCUT2D eigenvalue weighted by Crippen LogP contribution is -2.45. The van der Waals surface area contributed by atoms with Crippen LogP contribution in [0.1, 0.15) is 76.8 Å². The number of aliphatic carboxylic acids is 1. The van der Waals surface area contributed by atoms with E-state index >= 15 is 0 Å². The number of allylic oxidation sites excluding steroid dienone is 4. The van der Waals surface area contributed by atoms with Gasteiger partial charge in [0, 0.05) is 52.9 Å². The number of ether oxygens (including phenoxy) is 2. The van der Waals surface area contributed by atoms with Crippen LogP contribution in [0.4, 0.5) is 0 Å². The summed E-state index contributed by atoms with van der Waals surface area (Å²) in [6.07, 6.45) is 1.81. The van der Waals surface area contributed by atoms with Crippen molar-refractivity contribution < 1.29 is 29.0 Å². The first-order valence-corrected chi connectivity index (χ1v) is 15.6. The third-order valence-corrected chi connectivity index (χ3v) is 9.29. The molecule has 2 aliphatic carbocycles. The molecule has 1 heterocycles. The predicted octanol–water partition coefficient (Wildman–Crippen LogP) is 7.85. The van der Waals surface area contributed by atoms with E-state index in [2.05, 4.69) is 43.6 Å². The van der Waals surface area contributed by atoms with Gasteiger partial charge in [0.1, 0.15) is 6.61 Å². The lowest BCUT2D eigenvalue weighted by molar-refractivity contribution is -0.137. The Kier molecular flexibility index (Phi) is 8.58. The van der Waals surface area contributed by atoms with Gasteiger partial charge in [-0.25, -0.2) is 0 Å². The number of methoxy groups -OCH3 is 1. The summed E-state index contributed by atoms with van der Waals surface area (Å²) in [6.45, 7) is 8.74. The first-order valence-electron chi connectivity index (χ1n) is 14.5. The Labute approximate surface area is 266 Å². The minimum atomic E-state index is -0.919. The second-order valence-corrected chi connectivity index (χ2v) is 14.6. The monoisotopic (exact) mass is 669 g/mol. The molecule has 2 aromatic rings. The topological polar surface area (TPSA) is 93.1 Å². The summed E-state index contributed by atoms with van der Waals surface area (Å²) >= 11 is 9.71. The predicted molar refractivity (Wildman–Crippen MR) is 168 cm³/mol. The van der Waals surface area contributed by atoms with Crippen molar-refractivity contribution in [3.63, 3.8) is 0 Å². The molecule has 0 amide bonds. The van der Waals surface area contributed by atoms with Gasteiger partial charge in [-0.3, -0.25) is 14.4 Å². The molecule has 7 nitrogen and oxygen atoms in total. The van der Waals surface area contributed by atoms with E-state index in [0.29, 0.717) is 64.4 Å². The number of carbonyl (C=O) groups excluding carboxylic acids is 2. The lowest BCUT2D eigenvalue weighted by Gasteiger charge is -2.49. The lowest BCUT2D eigenvalue weighted by atomic mass is 9.63. The van der Waals surface area contributed by atoms with Crippen molar-refractivity contribution in [2.45, 2.75) is 72.3 Å². The molecule has 0 fully saturated rings. The Morgan fingerprint density at radius 2 is 1.53 bits per heavy atom. The fourth-order valence-electron chi connectivity index (χ4n) is 6.64. The number of hydrogen-bond acceptors (Lipinski definition) is 6. The van der Waals surface area contributed by atoms with Crippen molar-refractivity contribution in [3.05, 3.63) is 79.6 Å². The molecule has 1 N–H and O–H groups in total. The molecule has 0 unspecified atom stereocenters. The average molecular weight is 671 g/mol. The van der Waals surface area contributed by atoms with Gasteiger partial charge in [-0.1, -0.05) is 51.4 Å². The molecule has 0 saturated carbocycles.